The molecule has 0 aliphatic heterocycles. The molecule has 70 valence electrons. The topological polar surface area (TPSA) is 111 Å². The number of aliphatic carboxylic acids is 1. The minimum absolute atomic E-state index is 0. The van der Waals surface area contributed by atoms with Gasteiger partial charge in [0.2, 0.25) is 0 Å². The van der Waals surface area contributed by atoms with Gasteiger partial charge in [0.15, 0.2) is 0 Å². The van der Waals surface area contributed by atoms with Gasteiger partial charge in [-0.1, -0.05) is 0 Å². The zero-order valence-electron chi connectivity index (χ0n) is 9.40. The molecule has 0 fully saturated rings. The van der Waals surface area contributed by atoms with Gasteiger partial charge in [0.1, 0.15) is 6.04 Å². The van der Waals surface area contributed by atoms with Gasteiger partial charge >= 0.3 is 35.5 Å². The molecule has 1 unspecified atom stereocenters. The summed E-state index contributed by atoms with van der Waals surface area (Å²) in [6.45, 7) is 4.28. The molecule has 0 spiro atoms. The molecule has 6 heteroatoms. The zero-order valence-corrected chi connectivity index (χ0v) is 10.4. The monoisotopic (exact) mass is 195 g/mol. The van der Waals surface area contributed by atoms with Crippen LogP contribution in [0.1, 0.15) is 22.2 Å². The number of rotatable bonds is 1. The van der Waals surface area contributed by atoms with Crippen molar-refractivity contribution in [3.8, 4) is 12.1 Å². The maximum Gasteiger partial charge on any atom is 1.00 e. The Kier molecular flexibility index (Phi) is 39.6. The number of nitrogens with zero attached hydrogens (tertiary/aromatic N) is 2. The van der Waals surface area contributed by atoms with Gasteiger partial charge in [-0.05, 0) is 6.92 Å². The van der Waals surface area contributed by atoms with E-state index in [1.807, 2.05) is 0 Å². The number of hydrogen-bond donors (Lipinski definition) is 2. The Balaban J connectivity index is -0.0000000297. The van der Waals surface area contributed by atoms with Crippen molar-refractivity contribution in [1.82, 2.24) is 0 Å². The van der Waals surface area contributed by atoms with Crippen molar-refractivity contribution in [3.05, 3.63) is 0 Å². The molecule has 0 aromatic heterocycles. The first-order valence-electron chi connectivity index (χ1n) is 3.07. The van der Waals surface area contributed by atoms with Crippen LogP contribution in [0, 0.1) is 22.7 Å². The third-order valence-electron chi connectivity index (χ3n) is 0.390. The minimum atomic E-state index is -0.963. The number of hydrogen-bond acceptors (Lipinski definition) is 4. The van der Waals surface area contributed by atoms with Crippen LogP contribution in [0.3, 0.4) is 0 Å². The molecule has 0 aliphatic rings. The average molecular weight is 195 g/mol. The van der Waals surface area contributed by atoms with E-state index in [4.69, 9.17) is 21.4 Å². The summed E-state index contributed by atoms with van der Waals surface area (Å²) >= 11 is 0. The van der Waals surface area contributed by atoms with Crippen LogP contribution in [0.2, 0.25) is 0 Å². The largest absolute Gasteiger partial charge is 1.00 e. The summed E-state index contributed by atoms with van der Waals surface area (Å²) in [5, 5.41) is 22.5. The molecule has 0 amide bonds. The fourth-order valence-electron chi connectivity index (χ4n) is 0. The average Bonchev–Trinajstić information content (AvgIpc) is 1.90. The van der Waals surface area contributed by atoms with Gasteiger partial charge in [0.05, 0.1) is 12.1 Å². The van der Waals surface area contributed by atoms with Crippen molar-refractivity contribution in [3.63, 3.8) is 0 Å². The van der Waals surface area contributed by atoms with Crippen LogP contribution < -0.4 is 35.3 Å². The molecular weight excluding hydrogens is 181 g/mol. The van der Waals surface area contributed by atoms with E-state index in [9.17, 15) is 4.79 Å². The van der Waals surface area contributed by atoms with E-state index < -0.39 is 12.0 Å². The van der Waals surface area contributed by atoms with Crippen LogP contribution in [-0.4, -0.2) is 17.1 Å². The number of carboxylic acids is 1. The molecule has 0 rings (SSSR count). The summed E-state index contributed by atoms with van der Waals surface area (Å²) in [5.41, 5.74) is 4.84. The maximum absolute atomic E-state index is 9.57. The molecule has 0 aromatic rings. The Morgan fingerprint density at radius 3 is 1.54 bits per heavy atom. The van der Waals surface area contributed by atoms with Gasteiger partial charge in [-0.3, -0.25) is 4.79 Å². The van der Waals surface area contributed by atoms with Crippen LogP contribution >= 0.6 is 0 Å². The Labute approximate surface area is 102 Å². The van der Waals surface area contributed by atoms with E-state index in [-0.39, 0.29) is 31.0 Å². The Morgan fingerprint density at radius 1 is 1.46 bits per heavy atom. The summed E-state index contributed by atoms with van der Waals surface area (Å²) in [7, 11) is 0. The van der Waals surface area contributed by atoms with E-state index in [1.165, 1.54) is 20.8 Å². The van der Waals surface area contributed by atoms with Crippen molar-refractivity contribution >= 4 is 5.97 Å². The summed E-state index contributed by atoms with van der Waals surface area (Å²) in [6, 6.07) is 2.77. The maximum atomic E-state index is 9.57. The molecule has 5 nitrogen and oxygen atoms in total. The molecular formula is C7H14N3NaO2. The van der Waals surface area contributed by atoms with Gasteiger partial charge in [-0.25, -0.2) is 0 Å². The number of nitriles is 2. The van der Waals surface area contributed by atoms with Crippen LogP contribution in [0.15, 0.2) is 0 Å². The molecule has 0 saturated heterocycles. The summed E-state index contributed by atoms with van der Waals surface area (Å²) in [4.78, 5) is 9.57. The van der Waals surface area contributed by atoms with Gasteiger partial charge in [0, 0.05) is 13.8 Å². The molecule has 0 aliphatic carbocycles. The molecule has 0 bridgehead atoms. The Bertz CT molecular complexity index is 174. The van der Waals surface area contributed by atoms with Crippen molar-refractivity contribution < 1.29 is 40.9 Å². The first-order chi connectivity index (χ1) is 5.47. The van der Waals surface area contributed by atoms with Gasteiger partial charge in [-0.15, -0.1) is 0 Å². The van der Waals surface area contributed by atoms with Crippen molar-refractivity contribution in [2.45, 2.75) is 26.8 Å². The smallest absolute Gasteiger partial charge is 1.00 e. The molecule has 3 N–H and O–H groups in total. The fraction of sp³-hybridized carbons (Fsp3) is 0.571. The van der Waals surface area contributed by atoms with E-state index >= 15 is 0 Å². The first-order valence-corrected chi connectivity index (χ1v) is 3.07. The van der Waals surface area contributed by atoms with Gasteiger partial charge in [-0.2, -0.15) is 10.5 Å². The second-order valence-electron chi connectivity index (χ2n) is 1.57. The number of carbonyl (C=O) groups is 1. The third kappa shape index (κ3) is 86.9. The van der Waals surface area contributed by atoms with Gasteiger partial charge < -0.3 is 12.3 Å². The SMILES string of the molecule is CC#N.CC#N.CC(N)C(=O)O.[H-].[Na+]. The van der Waals surface area contributed by atoms with E-state index in [2.05, 4.69) is 0 Å². The Hall–Kier alpha value is -0.590. The molecule has 1 atom stereocenters. The van der Waals surface area contributed by atoms with Gasteiger partial charge in [0.25, 0.3) is 0 Å². The molecule has 13 heavy (non-hydrogen) atoms. The predicted octanol–water partition coefficient (Wildman–Crippen LogP) is -2.41. The third-order valence-corrected chi connectivity index (χ3v) is 0.390. The second kappa shape index (κ2) is 22.5. The molecule has 0 saturated carbocycles. The zero-order chi connectivity index (χ0) is 10.6. The van der Waals surface area contributed by atoms with E-state index in [1.54, 1.807) is 12.1 Å². The second-order valence-corrected chi connectivity index (χ2v) is 1.57. The fourth-order valence-corrected chi connectivity index (χ4v) is 0. The van der Waals surface area contributed by atoms with Crippen molar-refractivity contribution in [1.29, 1.82) is 10.5 Å². The molecule has 0 radical (unpaired) electrons. The summed E-state index contributed by atoms with van der Waals surface area (Å²) < 4.78 is 0. The van der Waals surface area contributed by atoms with Crippen molar-refractivity contribution in [2.24, 2.45) is 5.73 Å². The normalized spacial score (nSPS) is 7.54. The number of carboxylic acid groups (broad SMARTS) is 1. The molecule has 0 aromatic carbocycles. The van der Waals surface area contributed by atoms with Crippen LogP contribution in [0.25, 0.3) is 0 Å². The van der Waals surface area contributed by atoms with Crippen LogP contribution in [-0.2, 0) is 4.79 Å². The first kappa shape index (κ1) is 22.8. The standard InChI is InChI=1S/C3H7NO2.2C2H3N.Na.H/c1-2(4)3(5)6;2*1-2-3;;/h2H,4H2,1H3,(H,5,6);2*1H3;;/q;;;+1;-1. The summed E-state index contributed by atoms with van der Waals surface area (Å²) in [5.74, 6) is -0.963. The van der Waals surface area contributed by atoms with Crippen LogP contribution in [0.5, 0.6) is 0 Å². The van der Waals surface area contributed by atoms with Crippen LogP contribution in [0.4, 0.5) is 0 Å². The molecule has 0 heterocycles. The minimum Gasteiger partial charge on any atom is -1.00 e. The quantitative estimate of drug-likeness (QED) is 0.453. The van der Waals surface area contributed by atoms with E-state index in [0.717, 1.165) is 0 Å². The van der Waals surface area contributed by atoms with Crippen molar-refractivity contribution in [2.75, 3.05) is 0 Å². The number of nitrogens with two attached hydrogens (primary N) is 1. The Morgan fingerprint density at radius 2 is 1.54 bits per heavy atom. The predicted molar refractivity (Wildman–Crippen MR) is 45.0 cm³/mol. The summed E-state index contributed by atoms with van der Waals surface area (Å²) in [6.07, 6.45) is 0. The van der Waals surface area contributed by atoms with E-state index in [0.29, 0.717) is 0 Å².